The van der Waals surface area contributed by atoms with Crippen molar-refractivity contribution in [3.05, 3.63) is 53.2 Å². The van der Waals surface area contributed by atoms with Crippen LogP contribution in [0, 0.1) is 23.0 Å². The summed E-state index contributed by atoms with van der Waals surface area (Å²) in [5, 5.41) is 11.9. The third kappa shape index (κ3) is 3.42. The quantitative estimate of drug-likeness (QED) is 0.898. The van der Waals surface area contributed by atoms with Crippen LogP contribution in [0.2, 0.25) is 0 Å². The zero-order valence-corrected chi connectivity index (χ0v) is 10.5. The number of anilines is 2. The zero-order valence-electron chi connectivity index (χ0n) is 10.5. The van der Waals surface area contributed by atoms with Gasteiger partial charge in [-0.05, 0) is 30.2 Å². The molecule has 102 valence electrons. The third-order valence-corrected chi connectivity index (χ3v) is 2.66. The van der Waals surface area contributed by atoms with E-state index in [0.717, 1.165) is 6.07 Å². The number of halogens is 2. The van der Waals surface area contributed by atoms with Gasteiger partial charge in [-0.2, -0.15) is 5.26 Å². The Balaban J connectivity index is 2.01. The monoisotopic (exact) mass is 274 g/mol. The first-order chi connectivity index (χ1) is 9.58. The molecule has 1 aromatic heterocycles. The van der Waals surface area contributed by atoms with Crippen molar-refractivity contribution in [3.8, 4) is 6.07 Å². The number of nitrogens with one attached hydrogen (secondary N) is 1. The molecule has 0 aliphatic carbocycles. The van der Waals surface area contributed by atoms with Crippen LogP contribution in [0.15, 0.2) is 30.5 Å². The maximum absolute atomic E-state index is 13.0. The largest absolute Gasteiger partial charge is 0.397 e. The summed E-state index contributed by atoms with van der Waals surface area (Å²) in [6.07, 6.45) is 1.84. The molecule has 0 radical (unpaired) electrons. The van der Waals surface area contributed by atoms with Crippen molar-refractivity contribution in [2.75, 3.05) is 17.6 Å². The number of nitrogens with two attached hydrogens (primary N) is 1. The second kappa shape index (κ2) is 5.97. The Morgan fingerprint density at radius 1 is 1.20 bits per heavy atom. The lowest BCUT2D eigenvalue weighted by Gasteiger charge is -2.08. The van der Waals surface area contributed by atoms with Crippen molar-refractivity contribution >= 4 is 11.5 Å². The summed E-state index contributed by atoms with van der Waals surface area (Å²) in [5.74, 6) is -0.815. The van der Waals surface area contributed by atoms with Gasteiger partial charge in [0.05, 0.1) is 17.4 Å². The van der Waals surface area contributed by atoms with Gasteiger partial charge in [0, 0.05) is 12.6 Å². The minimum Gasteiger partial charge on any atom is -0.397 e. The topological polar surface area (TPSA) is 74.7 Å². The number of benzene rings is 1. The van der Waals surface area contributed by atoms with Gasteiger partial charge in [-0.3, -0.25) is 0 Å². The number of pyridine rings is 1. The van der Waals surface area contributed by atoms with E-state index in [1.165, 1.54) is 24.4 Å². The average Bonchev–Trinajstić information content (AvgIpc) is 2.39. The smallest absolute Gasteiger partial charge is 0.144 e. The summed E-state index contributed by atoms with van der Waals surface area (Å²) >= 11 is 0. The minimum atomic E-state index is -0.608. The predicted molar refractivity (Wildman–Crippen MR) is 71.9 cm³/mol. The summed E-state index contributed by atoms with van der Waals surface area (Å²) < 4.78 is 26.0. The molecule has 0 aliphatic heterocycles. The van der Waals surface area contributed by atoms with Crippen LogP contribution in [0.25, 0.3) is 0 Å². The summed E-state index contributed by atoms with van der Waals surface area (Å²) in [6.45, 7) is 0.397. The Labute approximate surface area is 114 Å². The molecule has 0 fully saturated rings. The van der Waals surface area contributed by atoms with Gasteiger partial charge < -0.3 is 11.1 Å². The number of nitrogens with zero attached hydrogens (tertiary/aromatic N) is 2. The lowest BCUT2D eigenvalue weighted by Crippen LogP contribution is -2.08. The van der Waals surface area contributed by atoms with Crippen molar-refractivity contribution < 1.29 is 8.78 Å². The molecular weight excluding hydrogens is 262 g/mol. The van der Waals surface area contributed by atoms with E-state index in [4.69, 9.17) is 11.0 Å². The molecule has 2 rings (SSSR count). The first-order valence-electron chi connectivity index (χ1n) is 5.93. The number of nitrogen functional groups attached to an aromatic ring is 1. The summed E-state index contributed by atoms with van der Waals surface area (Å²) in [7, 11) is 0. The Morgan fingerprint density at radius 2 is 1.90 bits per heavy atom. The van der Waals surface area contributed by atoms with Crippen LogP contribution in [0.3, 0.4) is 0 Å². The molecule has 0 saturated carbocycles. The highest BCUT2D eigenvalue weighted by molar-refractivity contribution is 5.57. The molecule has 0 atom stereocenters. The van der Waals surface area contributed by atoms with Crippen LogP contribution < -0.4 is 11.1 Å². The molecule has 6 heteroatoms. The molecule has 4 nitrogen and oxygen atoms in total. The molecule has 0 saturated heterocycles. The van der Waals surface area contributed by atoms with Gasteiger partial charge in [-0.15, -0.1) is 0 Å². The lowest BCUT2D eigenvalue weighted by molar-refractivity contribution is 0.580. The van der Waals surface area contributed by atoms with Crippen LogP contribution in [0.1, 0.15) is 11.1 Å². The highest BCUT2D eigenvalue weighted by Crippen LogP contribution is 2.14. The van der Waals surface area contributed by atoms with E-state index in [2.05, 4.69) is 10.3 Å². The SMILES string of the molecule is N#Cc1cc(N)cnc1NCCc1cc(F)cc(F)c1. The molecule has 0 aliphatic rings. The second-order valence-electron chi connectivity index (χ2n) is 4.23. The minimum absolute atomic E-state index is 0.329. The van der Waals surface area contributed by atoms with Crippen LogP contribution >= 0.6 is 0 Å². The Hall–Kier alpha value is -2.68. The van der Waals surface area contributed by atoms with Crippen molar-refractivity contribution in [2.24, 2.45) is 0 Å². The third-order valence-electron chi connectivity index (χ3n) is 2.66. The fourth-order valence-electron chi connectivity index (χ4n) is 1.79. The van der Waals surface area contributed by atoms with Crippen molar-refractivity contribution in [1.29, 1.82) is 5.26 Å². The van der Waals surface area contributed by atoms with Gasteiger partial charge in [-0.1, -0.05) is 0 Å². The Bertz CT molecular complexity index is 644. The summed E-state index contributed by atoms with van der Waals surface area (Å²) in [4.78, 5) is 4.01. The Morgan fingerprint density at radius 3 is 2.55 bits per heavy atom. The normalized spacial score (nSPS) is 10.1. The fourth-order valence-corrected chi connectivity index (χ4v) is 1.79. The fraction of sp³-hybridized carbons (Fsp3) is 0.143. The highest BCUT2D eigenvalue weighted by Gasteiger charge is 2.05. The van der Waals surface area contributed by atoms with E-state index < -0.39 is 11.6 Å². The molecule has 1 aromatic carbocycles. The van der Waals surface area contributed by atoms with Crippen LogP contribution in [0.5, 0.6) is 0 Å². The van der Waals surface area contributed by atoms with Crippen molar-refractivity contribution in [2.45, 2.75) is 6.42 Å². The number of hydrogen-bond acceptors (Lipinski definition) is 4. The predicted octanol–water partition coefficient (Wildman–Crippen LogP) is 2.47. The summed E-state index contributed by atoms with van der Waals surface area (Å²) in [5.41, 5.74) is 6.79. The van der Waals surface area contributed by atoms with E-state index >= 15 is 0 Å². The molecule has 0 unspecified atom stereocenters. The molecule has 3 N–H and O–H groups in total. The van der Waals surface area contributed by atoms with Gasteiger partial charge in [0.2, 0.25) is 0 Å². The molecule has 0 bridgehead atoms. The molecule has 1 heterocycles. The van der Waals surface area contributed by atoms with Gasteiger partial charge in [-0.25, -0.2) is 13.8 Å². The van der Waals surface area contributed by atoms with E-state index in [-0.39, 0.29) is 0 Å². The zero-order chi connectivity index (χ0) is 14.5. The molecule has 2 aromatic rings. The highest BCUT2D eigenvalue weighted by atomic mass is 19.1. The van der Waals surface area contributed by atoms with Gasteiger partial charge in [0.15, 0.2) is 0 Å². The first kappa shape index (κ1) is 13.7. The van der Waals surface area contributed by atoms with Crippen molar-refractivity contribution in [1.82, 2.24) is 4.98 Å². The van der Waals surface area contributed by atoms with E-state index in [1.54, 1.807) is 0 Å². The first-order valence-corrected chi connectivity index (χ1v) is 5.93. The van der Waals surface area contributed by atoms with E-state index in [0.29, 0.717) is 35.6 Å². The van der Waals surface area contributed by atoms with E-state index in [9.17, 15) is 8.78 Å². The molecule has 20 heavy (non-hydrogen) atoms. The van der Waals surface area contributed by atoms with Crippen LogP contribution in [0.4, 0.5) is 20.3 Å². The van der Waals surface area contributed by atoms with Gasteiger partial charge in [0.1, 0.15) is 23.5 Å². The van der Waals surface area contributed by atoms with Crippen LogP contribution in [-0.2, 0) is 6.42 Å². The van der Waals surface area contributed by atoms with E-state index in [1.807, 2.05) is 6.07 Å². The maximum Gasteiger partial charge on any atom is 0.144 e. The van der Waals surface area contributed by atoms with Gasteiger partial charge in [0.25, 0.3) is 0 Å². The average molecular weight is 274 g/mol. The van der Waals surface area contributed by atoms with Gasteiger partial charge >= 0.3 is 0 Å². The molecular formula is C14H12F2N4. The number of aromatic nitrogens is 1. The summed E-state index contributed by atoms with van der Waals surface area (Å²) in [6, 6.07) is 6.86. The van der Waals surface area contributed by atoms with Crippen molar-refractivity contribution in [3.63, 3.8) is 0 Å². The number of rotatable bonds is 4. The standard InChI is InChI=1S/C14H12F2N4/c15-11-3-9(4-12(16)6-11)1-2-19-14-10(7-17)5-13(18)8-20-14/h3-6,8H,1-2,18H2,(H,19,20). The number of nitriles is 1. The number of hydrogen-bond donors (Lipinski definition) is 2. The second-order valence-corrected chi connectivity index (χ2v) is 4.23. The molecule has 0 amide bonds. The molecule has 0 spiro atoms. The Kier molecular flexibility index (Phi) is 4.11. The lowest BCUT2D eigenvalue weighted by atomic mass is 10.1. The maximum atomic E-state index is 13.0. The van der Waals surface area contributed by atoms with Crippen LogP contribution in [-0.4, -0.2) is 11.5 Å².